The number of aromatic nitrogens is 1. The molecular formula is C52H66F3N11O16S. The summed E-state index contributed by atoms with van der Waals surface area (Å²) in [5, 5.41) is 17.1. The molecule has 1 fully saturated rings. The van der Waals surface area contributed by atoms with E-state index in [1.807, 2.05) is 16.7 Å². The van der Waals surface area contributed by atoms with Crippen molar-refractivity contribution in [1.29, 1.82) is 0 Å². The van der Waals surface area contributed by atoms with Gasteiger partial charge in [0.2, 0.25) is 5.91 Å². The van der Waals surface area contributed by atoms with Gasteiger partial charge in [0.1, 0.15) is 6.10 Å². The topological polar surface area (TPSA) is 352 Å². The van der Waals surface area contributed by atoms with E-state index < -0.39 is 56.3 Å². The van der Waals surface area contributed by atoms with Crippen molar-refractivity contribution in [3.05, 3.63) is 98.2 Å². The van der Waals surface area contributed by atoms with Crippen LogP contribution in [0.1, 0.15) is 71.2 Å². The number of azide groups is 2. The second-order valence-electron chi connectivity index (χ2n) is 18.1. The van der Waals surface area contributed by atoms with E-state index in [2.05, 4.69) is 36.0 Å². The maximum atomic E-state index is 13.4. The first-order chi connectivity index (χ1) is 40.0. The third kappa shape index (κ3) is 22.9. The van der Waals surface area contributed by atoms with Crippen molar-refractivity contribution in [2.45, 2.75) is 68.7 Å². The smallest absolute Gasteiger partial charge is 0.428 e. The van der Waals surface area contributed by atoms with Crippen LogP contribution >= 0.6 is 0 Å². The Hall–Kier alpha value is -7.60. The van der Waals surface area contributed by atoms with Crippen LogP contribution in [0.15, 0.2) is 75.8 Å². The minimum absolute atomic E-state index is 0.0427. The van der Waals surface area contributed by atoms with E-state index in [0.29, 0.717) is 86.9 Å². The number of ether oxygens (including phenoxy) is 7. The largest absolute Gasteiger partial charge is 0.534 e. The molecule has 1 saturated heterocycles. The van der Waals surface area contributed by atoms with Gasteiger partial charge in [-0.25, -0.2) is 13.2 Å². The second kappa shape index (κ2) is 35.4. The number of unbranched alkanes of at least 4 members (excludes halogenated alkanes) is 1. The fraction of sp³-hybridized carbons (Fsp3) is 0.538. The zero-order chi connectivity index (χ0) is 59.9. The Balaban J connectivity index is 1.17. The number of hydrogen-bond donors (Lipinski definition) is 3. The van der Waals surface area contributed by atoms with Gasteiger partial charge in [-0.15, -0.1) is 0 Å². The summed E-state index contributed by atoms with van der Waals surface area (Å²) in [6.07, 6.45) is -7.71. The van der Waals surface area contributed by atoms with E-state index in [4.69, 9.17) is 49.1 Å². The lowest BCUT2D eigenvalue weighted by Crippen LogP contribution is -2.35. The van der Waals surface area contributed by atoms with Crippen LogP contribution in [-0.4, -0.2) is 178 Å². The Bertz CT molecular complexity index is 2880. The zero-order valence-electron chi connectivity index (χ0n) is 45.4. The average Bonchev–Trinajstić information content (AvgIpc) is 2.59. The molecule has 0 spiro atoms. The molecule has 83 heavy (non-hydrogen) atoms. The predicted octanol–water partition coefficient (Wildman–Crippen LogP) is 6.12. The van der Waals surface area contributed by atoms with E-state index in [-0.39, 0.29) is 134 Å². The van der Waals surface area contributed by atoms with E-state index in [0.717, 1.165) is 22.9 Å². The predicted molar refractivity (Wildman–Crippen MR) is 289 cm³/mol. The first kappa shape index (κ1) is 66.2. The lowest BCUT2D eigenvalue weighted by molar-refractivity contribution is -0.178. The molecule has 0 saturated carbocycles. The number of rotatable bonds is 40. The molecule has 1 unspecified atom stereocenters. The molecule has 3 aromatic carbocycles. The number of hydroxylamine groups is 2. The maximum Gasteiger partial charge on any atom is 0.534 e. The number of nitrogens with zero attached hydrogens (tertiary/aromatic N) is 8. The van der Waals surface area contributed by atoms with Crippen molar-refractivity contribution in [1.82, 2.24) is 25.6 Å². The molecule has 0 bridgehead atoms. The number of alkyl halides is 3. The molecule has 452 valence electrons. The van der Waals surface area contributed by atoms with Gasteiger partial charge >= 0.3 is 12.3 Å². The number of sulfone groups is 1. The number of carbonyl (C=O) groups excluding carboxylic acids is 6. The van der Waals surface area contributed by atoms with Crippen LogP contribution in [0.4, 0.5) is 18.0 Å². The van der Waals surface area contributed by atoms with Gasteiger partial charge in [0.15, 0.2) is 9.84 Å². The molecule has 27 nitrogen and oxygen atoms in total. The molecule has 0 radical (unpaired) electrons. The van der Waals surface area contributed by atoms with E-state index >= 15 is 0 Å². The molecule has 1 atom stereocenters. The number of nitrogens with one attached hydrogen (secondary N) is 3. The summed E-state index contributed by atoms with van der Waals surface area (Å²) in [7, 11) is -4.37. The van der Waals surface area contributed by atoms with Crippen LogP contribution in [0.2, 0.25) is 0 Å². The van der Waals surface area contributed by atoms with Gasteiger partial charge < -0.3 is 53.7 Å². The number of aryl methyl sites for hydroxylation is 1. The highest BCUT2D eigenvalue weighted by atomic mass is 32.2. The third-order valence-corrected chi connectivity index (χ3v) is 14.0. The van der Waals surface area contributed by atoms with Crippen molar-refractivity contribution in [3.63, 3.8) is 0 Å². The number of hydrogen-bond acceptors (Lipinski definition) is 18. The molecule has 2 heterocycles. The second-order valence-corrected chi connectivity index (χ2v) is 20.2. The van der Waals surface area contributed by atoms with Gasteiger partial charge in [0.25, 0.3) is 23.6 Å². The standard InChI is InChI=1S/C52H66F3N11O16S/c53-52(54,55)39-8-10-41(11-9-39)83(73,74)36-40(81-51(72)82-66-47(68)14-15-48(66)69)4-1-2-5-46(67)58-16-3-21-65-44-34-37(49(70)59-17-22-75-26-30-79-32-28-77-24-19-61-63-56)6-12-42(44)43-13-7-38(35-45(43)65)50(71)60-18-23-76-27-31-80-33-29-78-25-20-62-64-57/h6-13,34-35,40H,1-5,14-33,36H2,(H,58,67)(H,59,70)(H,60,71). The number of imide groups is 1. The summed E-state index contributed by atoms with van der Waals surface area (Å²) in [6, 6.07) is 13.2. The Morgan fingerprint density at radius 3 is 1.59 bits per heavy atom. The quantitative estimate of drug-likeness (QED) is 0.0113. The summed E-state index contributed by atoms with van der Waals surface area (Å²) >= 11 is 0. The molecule has 5 amide bonds. The molecule has 3 N–H and O–H groups in total. The van der Waals surface area contributed by atoms with Crippen LogP contribution in [-0.2, 0) is 74.9 Å². The fourth-order valence-corrected chi connectivity index (χ4v) is 9.62. The van der Waals surface area contributed by atoms with Crippen LogP contribution in [0.25, 0.3) is 42.7 Å². The molecule has 0 aliphatic carbocycles. The summed E-state index contributed by atoms with van der Waals surface area (Å²) in [5.41, 5.74) is 17.6. The fourth-order valence-electron chi connectivity index (χ4n) is 8.15. The highest BCUT2D eigenvalue weighted by molar-refractivity contribution is 7.91. The van der Waals surface area contributed by atoms with Crippen LogP contribution in [0.3, 0.4) is 0 Å². The monoisotopic (exact) mass is 1190 g/mol. The van der Waals surface area contributed by atoms with Crippen molar-refractivity contribution in [2.75, 3.05) is 118 Å². The minimum Gasteiger partial charge on any atom is -0.428 e. The first-order valence-corrected chi connectivity index (χ1v) is 28.2. The van der Waals surface area contributed by atoms with E-state index in [1.54, 1.807) is 24.3 Å². The lowest BCUT2D eigenvalue weighted by Gasteiger charge is -2.19. The van der Waals surface area contributed by atoms with Crippen LogP contribution in [0.5, 0.6) is 0 Å². The van der Waals surface area contributed by atoms with Crippen molar-refractivity contribution in [3.8, 4) is 0 Å². The molecule has 4 aromatic rings. The first-order valence-electron chi connectivity index (χ1n) is 26.5. The Kier molecular flexibility index (Phi) is 28.2. The van der Waals surface area contributed by atoms with E-state index in [9.17, 15) is 50.4 Å². The molecular weight excluding hydrogens is 1120 g/mol. The molecule has 1 aromatic heterocycles. The maximum absolute atomic E-state index is 13.4. The van der Waals surface area contributed by atoms with Gasteiger partial charge in [-0.2, -0.15) is 13.2 Å². The Morgan fingerprint density at radius 2 is 1.11 bits per heavy atom. The molecule has 31 heteroatoms. The van der Waals surface area contributed by atoms with Crippen LogP contribution in [0, 0.1) is 0 Å². The van der Waals surface area contributed by atoms with Crippen molar-refractivity contribution < 1.29 is 88.4 Å². The summed E-state index contributed by atoms with van der Waals surface area (Å²) in [5.74, 6) is -3.61. The number of carbonyl (C=O) groups is 6. The van der Waals surface area contributed by atoms with Gasteiger partial charge in [-0.1, -0.05) is 27.4 Å². The van der Waals surface area contributed by atoms with Gasteiger partial charge in [-0.05, 0) is 85.3 Å². The number of halogens is 3. The molecule has 1 aliphatic heterocycles. The van der Waals surface area contributed by atoms with Gasteiger partial charge in [0.05, 0.1) is 95.5 Å². The number of fused-ring (bicyclic) bond motifs is 3. The normalized spacial score (nSPS) is 12.9. The highest BCUT2D eigenvalue weighted by Crippen LogP contribution is 2.32. The molecule has 5 rings (SSSR count). The summed E-state index contributed by atoms with van der Waals surface area (Å²) < 4.78 is 106. The average molecular weight is 1190 g/mol. The Morgan fingerprint density at radius 1 is 0.627 bits per heavy atom. The van der Waals surface area contributed by atoms with Crippen LogP contribution < -0.4 is 16.0 Å². The highest BCUT2D eigenvalue weighted by Gasteiger charge is 2.35. The third-order valence-electron chi connectivity index (χ3n) is 12.2. The summed E-state index contributed by atoms with van der Waals surface area (Å²) in [4.78, 5) is 86.2. The van der Waals surface area contributed by atoms with Gasteiger partial charge in [0, 0.05) is 101 Å². The lowest BCUT2D eigenvalue weighted by atomic mass is 10.1. The molecule has 1 aliphatic rings. The van der Waals surface area contributed by atoms with Gasteiger partial charge in [-0.3, -0.25) is 28.8 Å². The minimum atomic E-state index is -4.73. The SMILES string of the molecule is [N-]=[N+]=NCCOCCOCCOCCNC(=O)c1ccc2c3ccc(C(=O)NCCOCCOCCOCCN=[N+]=[N-])cc3n(CCCNC(=O)CCCCC(CS(=O)(=O)c3ccc(C(F)(F)F)cc3)OC(=O)ON3C(=O)CCC3=O)c2c1. The number of benzene rings is 3. The van der Waals surface area contributed by atoms with Crippen molar-refractivity contribution in [2.24, 2.45) is 10.2 Å². The summed E-state index contributed by atoms with van der Waals surface area (Å²) in [6.45, 7) is 4.89. The van der Waals surface area contributed by atoms with E-state index in [1.165, 1.54) is 0 Å². The number of amides is 5. The zero-order valence-corrected chi connectivity index (χ0v) is 46.2. The Labute approximate surface area is 474 Å². The van der Waals surface area contributed by atoms with Crippen molar-refractivity contribution >= 4 is 67.3 Å².